The lowest BCUT2D eigenvalue weighted by molar-refractivity contribution is -0.133. The van der Waals surface area contributed by atoms with Gasteiger partial charge in [-0.1, -0.05) is 48.6 Å². The number of nitrogens with zero attached hydrogens (tertiary/aromatic N) is 3. The number of aromatic nitrogens is 1. The number of carbonyl (C=O) groups is 1. The molecule has 0 unspecified atom stereocenters. The maximum atomic E-state index is 13.0. The second-order valence-electron chi connectivity index (χ2n) is 8.28. The number of pyridine rings is 1. The van der Waals surface area contributed by atoms with Crippen LogP contribution in [0, 0.1) is 13.8 Å². The third-order valence-electron chi connectivity index (χ3n) is 5.92. The lowest BCUT2D eigenvalue weighted by Crippen LogP contribution is -2.49. The van der Waals surface area contributed by atoms with Gasteiger partial charge in [-0.05, 0) is 36.6 Å². The second-order valence-corrected chi connectivity index (χ2v) is 8.28. The van der Waals surface area contributed by atoms with Gasteiger partial charge in [0.2, 0.25) is 5.91 Å². The van der Waals surface area contributed by atoms with Crippen molar-refractivity contribution in [1.82, 2.24) is 14.4 Å². The van der Waals surface area contributed by atoms with Crippen LogP contribution in [0.1, 0.15) is 16.7 Å². The van der Waals surface area contributed by atoms with Gasteiger partial charge in [0.05, 0.1) is 5.52 Å². The first-order chi connectivity index (χ1) is 15.0. The number of aryl methyl sites for hydroxylation is 2. The molecule has 1 saturated heterocycles. The smallest absolute Gasteiger partial charge is 0.242 e. The first-order valence-corrected chi connectivity index (χ1v) is 10.8. The third kappa shape index (κ3) is 4.94. The van der Waals surface area contributed by atoms with Crippen molar-refractivity contribution in [3.05, 3.63) is 87.7 Å². The Morgan fingerprint density at radius 2 is 1.74 bits per heavy atom. The van der Waals surface area contributed by atoms with Crippen LogP contribution in [0.3, 0.4) is 0 Å². The molecule has 1 fully saturated rings. The van der Waals surface area contributed by atoms with Gasteiger partial charge < -0.3 is 9.47 Å². The van der Waals surface area contributed by atoms with E-state index in [0.717, 1.165) is 49.4 Å². The fourth-order valence-corrected chi connectivity index (χ4v) is 4.28. The zero-order chi connectivity index (χ0) is 21.8. The van der Waals surface area contributed by atoms with Crippen molar-refractivity contribution >= 4 is 22.9 Å². The molecule has 5 heteroatoms. The molecule has 3 aromatic rings. The standard InChI is InChI=1S/C26H29N3O2/c1-20-17-21(2)26-23(18-20)29(12-10-24(26)30)19-25(31)28-15-13-27(14-16-28)11-6-9-22-7-4-3-5-8-22/h3-10,12,17-18H,11,13-16,19H2,1-2H3/b9-6+. The molecule has 2 heterocycles. The average Bonchev–Trinajstić information content (AvgIpc) is 2.76. The molecule has 1 aliphatic heterocycles. The quantitative estimate of drug-likeness (QED) is 0.641. The fraction of sp³-hybridized carbons (Fsp3) is 0.308. The molecular weight excluding hydrogens is 386 g/mol. The summed E-state index contributed by atoms with van der Waals surface area (Å²) in [6.45, 7) is 8.31. The van der Waals surface area contributed by atoms with Crippen LogP contribution in [0.4, 0.5) is 0 Å². The number of piperazine rings is 1. The molecule has 2 aromatic carbocycles. The molecular formula is C26H29N3O2. The Bertz CT molecular complexity index is 1160. The van der Waals surface area contributed by atoms with E-state index in [0.29, 0.717) is 5.39 Å². The van der Waals surface area contributed by atoms with Crippen molar-refractivity contribution < 1.29 is 4.79 Å². The molecule has 1 aromatic heterocycles. The van der Waals surface area contributed by atoms with Crippen LogP contribution in [-0.4, -0.2) is 53.0 Å². The number of amides is 1. The molecule has 31 heavy (non-hydrogen) atoms. The molecule has 0 saturated carbocycles. The number of hydrogen-bond donors (Lipinski definition) is 0. The molecule has 4 rings (SSSR count). The zero-order valence-corrected chi connectivity index (χ0v) is 18.3. The summed E-state index contributed by atoms with van der Waals surface area (Å²) < 4.78 is 1.91. The first kappa shape index (κ1) is 21.1. The van der Waals surface area contributed by atoms with Crippen molar-refractivity contribution in [3.63, 3.8) is 0 Å². The Morgan fingerprint density at radius 3 is 2.48 bits per heavy atom. The molecule has 0 aliphatic carbocycles. The maximum Gasteiger partial charge on any atom is 0.242 e. The van der Waals surface area contributed by atoms with E-state index in [1.54, 1.807) is 12.3 Å². The highest BCUT2D eigenvalue weighted by atomic mass is 16.2. The Labute approximate surface area is 183 Å². The van der Waals surface area contributed by atoms with Crippen molar-refractivity contribution in [1.29, 1.82) is 0 Å². The molecule has 0 N–H and O–H groups in total. The van der Waals surface area contributed by atoms with Gasteiger partial charge >= 0.3 is 0 Å². The van der Waals surface area contributed by atoms with Crippen LogP contribution >= 0.6 is 0 Å². The average molecular weight is 416 g/mol. The zero-order valence-electron chi connectivity index (χ0n) is 18.3. The van der Waals surface area contributed by atoms with Crippen molar-refractivity contribution in [3.8, 4) is 0 Å². The van der Waals surface area contributed by atoms with Gasteiger partial charge in [0.25, 0.3) is 0 Å². The van der Waals surface area contributed by atoms with Gasteiger partial charge in [0.1, 0.15) is 6.54 Å². The van der Waals surface area contributed by atoms with Crippen molar-refractivity contribution in [2.75, 3.05) is 32.7 Å². The van der Waals surface area contributed by atoms with Gasteiger partial charge in [0.15, 0.2) is 5.43 Å². The maximum absolute atomic E-state index is 13.0. The number of fused-ring (bicyclic) bond motifs is 1. The summed E-state index contributed by atoms with van der Waals surface area (Å²) in [5.74, 6) is 0.101. The summed E-state index contributed by atoms with van der Waals surface area (Å²) in [5.41, 5.74) is 4.10. The molecule has 5 nitrogen and oxygen atoms in total. The minimum atomic E-state index is 0.00775. The molecule has 1 aliphatic rings. The van der Waals surface area contributed by atoms with E-state index < -0.39 is 0 Å². The monoisotopic (exact) mass is 415 g/mol. The van der Waals surface area contributed by atoms with E-state index in [2.05, 4.69) is 29.2 Å². The van der Waals surface area contributed by atoms with Crippen LogP contribution in [-0.2, 0) is 11.3 Å². The molecule has 0 bridgehead atoms. The van der Waals surface area contributed by atoms with Gasteiger partial charge in [-0.15, -0.1) is 0 Å². The Balaban J connectivity index is 1.37. The Hall–Kier alpha value is -3.18. The van der Waals surface area contributed by atoms with Crippen molar-refractivity contribution in [2.45, 2.75) is 20.4 Å². The highest BCUT2D eigenvalue weighted by Crippen LogP contribution is 2.18. The van der Waals surface area contributed by atoms with E-state index in [4.69, 9.17) is 0 Å². The van der Waals surface area contributed by atoms with E-state index in [9.17, 15) is 9.59 Å². The minimum absolute atomic E-state index is 0.00775. The molecule has 0 radical (unpaired) electrons. The second kappa shape index (κ2) is 9.31. The summed E-state index contributed by atoms with van der Waals surface area (Å²) in [7, 11) is 0. The van der Waals surface area contributed by atoms with Gasteiger partial charge in [0, 0.05) is 50.4 Å². The SMILES string of the molecule is Cc1cc(C)c2c(=O)ccn(CC(=O)N3CCN(C/C=C/c4ccccc4)CC3)c2c1. The largest absolute Gasteiger partial charge is 0.339 e. The highest BCUT2D eigenvalue weighted by Gasteiger charge is 2.21. The fourth-order valence-electron chi connectivity index (χ4n) is 4.28. The number of hydrogen-bond acceptors (Lipinski definition) is 3. The van der Waals surface area contributed by atoms with E-state index in [-0.39, 0.29) is 17.9 Å². The molecule has 1 amide bonds. The minimum Gasteiger partial charge on any atom is -0.339 e. The van der Waals surface area contributed by atoms with Crippen molar-refractivity contribution in [2.24, 2.45) is 0 Å². The predicted molar refractivity (Wildman–Crippen MR) is 126 cm³/mol. The summed E-state index contributed by atoms with van der Waals surface area (Å²) in [4.78, 5) is 29.6. The van der Waals surface area contributed by atoms with E-state index in [1.165, 1.54) is 5.56 Å². The highest BCUT2D eigenvalue weighted by molar-refractivity contribution is 5.85. The lowest BCUT2D eigenvalue weighted by atomic mass is 10.1. The first-order valence-electron chi connectivity index (χ1n) is 10.8. The number of benzene rings is 2. The van der Waals surface area contributed by atoms with Crippen LogP contribution in [0.25, 0.3) is 17.0 Å². The van der Waals surface area contributed by atoms with Crippen LogP contribution < -0.4 is 5.43 Å². The Morgan fingerprint density at radius 1 is 1.00 bits per heavy atom. The number of rotatable bonds is 5. The molecule has 0 atom stereocenters. The lowest BCUT2D eigenvalue weighted by Gasteiger charge is -2.34. The predicted octanol–water partition coefficient (Wildman–Crippen LogP) is 3.48. The van der Waals surface area contributed by atoms with E-state index in [1.807, 2.05) is 53.6 Å². The van der Waals surface area contributed by atoms with Crippen LogP contribution in [0.15, 0.2) is 65.6 Å². The van der Waals surface area contributed by atoms with E-state index >= 15 is 0 Å². The van der Waals surface area contributed by atoms with Gasteiger partial charge in [-0.3, -0.25) is 14.5 Å². The summed E-state index contributed by atoms with van der Waals surface area (Å²) in [6.07, 6.45) is 6.07. The third-order valence-corrected chi connectivity index (χ3v) is 5.92. The topological polar surface area (TPSA) is 45.6 Å². The van der Waals surface area contributed by atoms with Crippen LogP contribution in [0.5, 0.6) is 0 Å². The van der Waals surface area contributed by atoms with Gasteiger partial charge in [-0.2, -0.15) is 0 Å². The molecule has 160 valence electrons. The summed E-state index contributed by atoms with van der Waals surface area (Å²) in [5, 5.41) is 0.705. The van der Waals surface area contributed by atoms with Crippen LogP contribution in [0.2, 0.25) is 0 Å². The normalized spacial score (nSPS) is 15.1. The molecule has 0 spiro atoms. The summed E-state index contributed by atoms with van der Waals surface area (Å²) >= 11 is 0. The van der Waals surface area contributed by atoms with Gasteiger partial charge in [-0.25, -0.2) is 0 Å². The Kier molecular flexibility index (Phi) is 6.33. The summed E-state index contributed by atoms with van der Waals surface area (Å²) in [6, 6.07) is 15.9. The number of carbonyl (C=O) groups excluding carboxylic acids is 1.